The predicted octanol–water partition coefficient (Wildman–Crippen LogP) is 2.50. The molecule has 3 aromatic rings. The van der Waals surface area contributed by atoms with Crippen molar-refractivity contribution in [2.24, 2.45) is 0 Å². The highest BCUT2D eigenvalue weighted by atomic mass is 35.5. The lowest BCUT2D eigenvalue weighted by atomic mass is 10.1. The van der Waals surface area contributed by atoms with Crippen LogP contribution in [0.2, 0.25) is 5.02 Å². The van der Waals surface area contributed by atoms with Crippen LogP contribution >= 0.6 is 11.6 Å². The molecule has 0 aliphatic heterocycles. The molecule has 0 saturated heterocycles. The molecule has 0 saturated carbocycles. The van der Waals surface area contributed by atoms with Crippen LogP contribution in [0.4, 0.5) is 5.69 Å². The first-order chi connectivity index (χ1) is 14.0. The van der Waals surface area contributed by atoms with Crippen LogP contribution in [0, 0.1) is 0 Å². The van der Waals surface area contributed by atoms with Gasteiger partial charge in [0, 0.05) is 5.02 Å². The van der Waals surface area contributed by atoms with Crippen molar-refractivity contribution in [3.8, 4) is 5.69 Å². The summed E-state index contributed by atoms with van der Waals surface area (Å²) in [5, 5.41) is 7.02. The molecule has 10 heteroatoms. The van der Waals surface area contributed by atoms with Gasteiger partial charge in [-0.15, -0.1) is 0 Å². The first kappa shape index (κ1) is 20.0. The number of methoxy groups -OCH3 is 1. The smallest absolute Gasteiger partial charge is 0.339 e. The molecule has 1 aromatic heterocycles. The highest BCUT2D eigenvalue weighted by Gasteiger charge is 2.19. The van der Waals surface area contributed by atoms with E-state index >= 15 is 0 Å². The minimum atomic E-state index is -0.830. The number of rotatable bonds is 6. The number of carbonyl (C=O) groups is 3. The van der Waals surface area contributed by atoms with Crippen LogP contribution in [0.3, 0.4) is 0 Å². The van der Waals surface area contributed by atoms with Crippen molar-refractivity contribution in [1.82, 2.24) is 14.8 Å². The van der Waals surface area contributed by atoms with E-state index in [2.05, 4.69) is 20.1 Å². The first-order valence-electron chi connectivity index (χ1n) is 8.28. The van der Waals surface area contributed by atoms with Crippen LogP contribution in [0.5, 0.6) is 0 Å². The van der Waals surface area contributed by atoms with E-state index in [1.54, 1.807) is 24.3 Å². The van der Waals surface area contributed by atoms with Crippen molar-refractivity contribution in [1.29, 1.82) is 0 Å². The van der Waals surface area contributed by atoms with Crippen molar-refractivity contribution in [2.45, 2.75) is 0 Å². The third-order valence-corrected chi connectivity index (χ3v) is 4.02. The number of nitrogens with one attached hydrogen (secondary N) is 1. The monoisotopic (exact) mass is 414 g/mol. The Morgan fingerprint density at radius 3 is 2.48 bits per heavy atom. The van der Waals surface area contributed by atoms with Crippen molar-refractivity contribution in [3.63, 3.8) is 0 Å². The topological polar surface area (TPSA) is 112 Å². The van der Waals surface area contributed by atoms with Crippen molar-refractivity contribution < 1.29 is 23.9 Å². The molecule has 0 radical (unpaired) electrons. The fourth-order valence-electron chi connectivity index (χ4n) is 2.48. The lowest BCUT2D eigenvalue weighted by molar-refractivity contribution is -0.119. The molecule has 3 rings (SSSR count). The summed E-state index contributed by atoms with van der Waals surface area (Å²) in [4.78, 5) is 40.2. The van der Waals surface area contributed by atoms with Gasteiger partial charge in [0.1, 0.15) is 12.7 Å². The van der Waals surface area contributed by atoms with E-state index in [9.17, 15) is 14.4 Å². The Balaban J connectivity index is 1.70. The zero-order valence-corrected chi connectivity index (χ0v) is 15.9. The van der Waals surface area contributed by atoms with Crippen LogP contribution in [-0.2, 0) is 14.3 Å². The van der Waals surface area contributed by atoms with Crippen LogP contribution in [0.25, 0.3) is 5.69 Å². The van der Waals surface area contributed by atoms with E-state index < -0.39 is 24.5 Å². The number of nitrogens with zero attached hydrogens (tertiary/aromatic N) is 3. The van der Waals surface area contributed by atoms with Gasteiger partial charge in [0.25, 0.3) is 5.91 Å². The predicted molar refractivity (Wildman–Crippen MR) is 103 cm³/mol. The van der Waals surface area contributed by atoms with E-state index in [0.717, 1.165) is 0 Å². The summed E-state index contributed by atoms with van der Waals surface area (Å²) in [5.41, 5.74) is 0.934. The molecule has 0 atom stereocenters. The summed E-state index contributed by atoms with van der Waals surface area (Å²) in [6.07, 6.45) is 2.81. The van der Waals surface area contributed by atoms with Gasteiger partial charge in [0.05, 0.1) is 29.6 Å². The number of ether oxygens (including phenoxy) is 2. The molecular formula is C19H15ClN4O5. The molecule has 1 amide bonds. The SMILES string of the molecule is COC(=O)c1ccccc1C(=O)OCC(=O)Nc1cc(Cl)ccc1-n1cncn1. The molecule has 0 aliphatic carbocycles. The number of anilines is 1. The summed E-state index contributed by atoms with van der Waals surface area (Å²) < 4.78 is 11.1. The lowest BCUT2D eigenvalue weighted by Gasteiger charge is -2.12. The Kier molecular flexibility index (Phi) is 6.20. The number of esters is 2. The average molecular weight is 415 g/mol. The third kappa shape index (κ3) is 4.77. The minimum Gasteiger partial charge on any atom is -0.465 e. The maximum Gasteiger partial charge on any atom is 0.339 e. The van der Waals surface area contributed by atoms with Gasteiger partial charge < -0.3 is 14.8 Å². The maximum absolute atomic E-state index is 12.3. The van der Waals surface area contributed by atoms with E-state index in [0.29, 0.717) is 16.4 Å². The number of carbonyl (C=O) groups excluding carboxylic acids is 3. The average Bonchev–Trinajstić information content (AvgIpc) is 3.26. The fraction of sp³-hybridized carbons (Fsp3) is 0.105. The summed E-state index contributed by atoms with van der Waals surface area (Å²) in [6.45, 7) is -0.572. The van der Waals surface area contributed by atoms with Crippen LogP contribution < -0.4 is 5.32 Å². The van der Waals surface area contributed by atoms with Gasteiger partial charge in [-0.25, -0.2) is 19.3 Å². The number of amides is 1. The van der Waals surface area contributed by atoms with Gasteiger partial charge in [-0.1, -0.05) is 23.7 Å². The van der Waals surface area contributed by atoms with Crippen molar-refractivity contribution >= 4 is 35.1 Å². The number of benzene rings is 2. The van der Waals surface area contributed by atoms with E-state index in [4.69, 9.17) is 16.3 Å². The molecule has 2 aromatic carbocycles. The third-order valence-electron chi connectivity index (χ3n) is 3.78. The summed E-state index contributed by atoms with van der Waals surface area (Å²) in [7, 11) is 1.20. The lowest BCUT2D eigenvalue weighted by Crippen LogP contribution is -2.22. The molecule has 0 unspecified atom stereocenters. The fourth-order valence-corrected chi connectivity index (χ4v) is 2.66. The summed E-state index contributed by atoms with van der Waals surface area (Å²) >= 11 is 6.00. The normalized spacial score (nSPS) is 10.3. The second kappa shape index (κ2) is 8.98. The van der Waals surface area contributed by atoms with Gasteiger partial charge in [0.15, 0.2) is 6.61 Å². The molecule has 1 heterocycles. The zero-order valence-electron chi connectivity index (χ0n) is 15.2. The molecule has 29 heavy (non-hydrogen) atoms. The second-order valence-corrected chi connectivity index (χ2v) is 6.10. The van der Waals surface area contributed by atoms with Crippen LogP contribution in [0.1, 0.15) is 20.7 Å². The Morgan fingerprint density at radius 1 is 1.10 bits per heavy atom. The largest absolute Gasteiger partial charge is 0.465 e. The van der Waals surface area contributed by atoms with Gasteiger partial charge in [-0.2, -0.15) is 5.10 Å². The Bertz CT molecular complexity index is 1050. The highest BCUT2D eigenvalue weighted by Crippen LogP contribution is 2.24. The van der Waals surface area contributed by atoms with Gasteiger partial charge in [0.2, 0.25) is 0 Å². The van der Waals surface area contributed by atoms with Crippen molar-refractivity contribution in [2.75, 3.05) is 19.0 Å². The zero-order chi connectivity index (χ0) is 20.8. The van der Waals surface area contributed by atoms with Crippen molar-refractivity contribution in [3.05, 3.63) is 71.3 Å². The number of aromatic nitrogens is 3. The van der Waals surface area contributed by atoms with E-state index in [-0.39, 0.29) is 11.1 Å². The maximum atomic E-state index is 12.3. The van der Waals surface area contributed by atoms with E-state index in [1.165, 1.54) is 42.6 Å². The van der Waals surface area contributed by atoms with Crippen LogP contribution in [0.15, 0.2) is 55.1 Å². The number of hydrogen-bond acceptors (Lipinski definition) is 7. The van der Waals surface area contributed by atoms with E-state index in [1.807, 2.05) is 0 Å². The summed E-state index contributed by atoms with van der Waals surface area (Å²) in [6, 6.07) is 10.8. The van der Waals surface area contributed by atoms with Gasteiger partial charge in [-0.05, 0) is 30.3 Å². The number of hydrogen-bond donors (Lipinski definition) is 1. The molecule has 148 valence electrons. The van der Waals surface area contributed by atoms with Gasteiger partial charge >= 0.3 is 11.9 Å². The first-order valence-corrected chi connectivity index (χ1v) is 8.66. The molecule has 9 nitrogen and oxygen atoms in total. The quantitative estimate of drug-likeness (QED) is 0.616. The number of halogens is 1. The Hall–Kier alpha value is -3.72. The standard InChI is InChI=1S/C19H15ClN4O5/c1-28-18(26)13-4-2-3-5-14(13)19(27)29-9-17(25)23-15-8-12(20)6-7-16(15)24-11-21-10-22-24/h2-8,10-11H,9H2,1H3,(H,23,25). The Morgan fingerprint density at radius 2 is 1.83 bits per heavy atom. The molecule has 0 bridgehead atoms. The summed E-state index contributed by atoms with van der Waals surface area (Å²) in [5.74, 6) is -2.11. The van der Waals surface area contributed by atoms with Crippen LogP contribution in [-0.4, -0.2) is 46.3 Å². The Labute approximate surface area is 170 Å². The highest BCUT2D eigenvalue weighted by molar-refractivity contribution is 6.31. The molecule has 0 aliphatic rings. The second-order valence-electron chi connectivity index (χ2n) is 5.66. The van der Waals surface area contributed by atoms with Gasteiger partial charge in [-0.3, -0.25) is 4.79 Å². The molecule has 0 spiro atoms. The minimum absolute atomic E-state index is 0.00166. The molecule has 1 N–H and O–H groups in total. The molecular weight excluding hydrogens is 400 g/mol. The molecule has 0 fully saturated rings.